The fourth-order valence-corrected chi connectivity index (χ4v) is 4.35. The first-order valence-electron chi connectivity index (χ1n) is 6.41. The number of fused-ring (bicyclic) bond motifs is 1. The number of halogens is 1. The Labute approximate surface area is 104 Å². The first-order chi connectivity index (χ1) is 8.51. The molecule has 4 rings (SSSR count). The molecule has 3 unspecified atom stereocenters. The molecule has 0 bridgehead atoms. The minimum atomic E-state index is -1.15. The molecule has 0 aromatic carbocycles. The summed E-state index contributed by atoms with van der Waals surface area (Å²) < 4.78 is 14.9. The van der Waals surface area contributed by atoms with Crippen molar-refractivity contribution in [2.45, 2.75) is 38.8 Å². The second-order valence-corrected chi connectivity index (χ2v) is 5.99. The molecule has 3 atom stereocenters. The first kappa shape index (κ1) is 10.5. The number of ketones is 1. The largest absolute Gasteiger partial charge is 0.293 e. The van der Waals surface area contributed by atoms with Crippen molar-refractivity contribution in [2.24, 2.45) is 10.8 Å². The standard InChI is InChI=1S/C14H15FN2O/c1-3-4-14(15)12-5-9-10(6-13(12,14)7-12)16-17-11(9)8(2)18/h3-4H,5-7H2,1-2H3,(H,16,17)/b4-3+. The zero-order valence-electron chi connectivity index (χ0n) is 10.5. The molecule has 94 valence electrons. The van der Waals surface area contributed by atoms with Crippen LogP contribution in [0, 0.1) is 10.8 Å². The van der Waals surface area contributed by atoms with Crippen LogP contribution in [0.2, 0.25) is 0 Å². The second kappa shape index (κ2) is 2.60. The minimum Gasteiger partial charge on any atom is -0.293 e. The third-order valence-corrected chi connectivity index (χ3v) is 5.36. The molecular weight excluding hydrogens is 231 g/mol. The van der Waals surface area contributed by atoms with Gasteiger partial charge in [-0.2, -0.15) is 5.10 Å². The van der Waals surface area contributed by atoms with Crippen molar-refractivity contribution in [1.29, 1.82) is 0 Å². The van der Waals surface area contributed by atoms with Crippen LogP contribution in [0.3, 0.4) is 0 Å². The van der Waals surface area contributed by atoms with E-state index in [-0.39, 0.29) is 16.6 Å². The molecule has 0 radical (unpaired) electrons. The van der Waals surface area contributed by atoms with E-state index < -0.39 is 5.67 Å². The van der Waals surface area contributed by atoms with Crippen LogP contribution >= 0.6 is 0 Å². The molecule has 1 aromatic heterocycles. The number of Topliss-reactive ketones (excluding diaryl/α,β-unsaturated/α-hetero) is 1. The molecule has 3 nitrogen and oxygen atoms in total. The molecule has 0 aliphatic heterocycles. The van der Waals surface area contributed by atoms with E-state index in [4.69, 9.17) is 0 Å². The van der Waals surface area contributed by atoms with Crippen molar-refractivity contribution in [3.8, 4) is 0 Å². The molecule has 0 spiro atoms. The highest BCUT2D eigenvalue weighted by molar-refractivity contribution is 5.94. The van der Waals surface area contributed by atoms with Gasteiger partial charge in [-0.15, -0.1) is 0 Å². The molecule has 0 amide bonds. The Bertz CT molecular complexity index is 619. The molecule has 3 aliphatic carbocycles. The van der Waals surface area contributed by atoms with Gasteiger partial charge in [-0.05, 0) is 26.2 Å². The Morgan fingerprint density at radius 1 is 1.44 bits per heavy atom. The smallest absolute Gasteiger partial charge is 0.180 e. The molecule has 4 heteroatoms. The van der Waals surface area contributed by atoms with Crippen LogP contribution in [0.4, 0.5) is 4.39 Å². The Kier molecular flexibility index (Phi) is 1.52. The summed E-state index contributed by atoms with van der Waals surface area (Å²) in [6.45, 7) is 3.38. The van der Waals surface area contributed by atoms with E-state index in [1.54, 1.807) is 12.2 Å². The van der Waals surface area contributed by atoms with E-state index in [1.807, 2.05) is 6.92 Å². The van der Waals surface area contributed by atoms with Crippen LogP contribution in [0.25, 0.3) is 0 Å². The Morgan fingerprint density at radius 2 is 2.17 bits per heavy atom. The molecule has 1 N–H and O–H groups in total. The highest BCUT2D eigenvalue weighted by Gasteiger charge is 3.00. The summed E-state index contributed by atoms with van der Waals surface area (Å²) in [4.78, 5) is 11.5. The van der Waals surface area contributed by atoms with Gasteiger partial charge in [0.25, 0.3) is 0 Å². The summed E-state index contributed by atoms with van der Waals surface area (Å²) in [7, 11) is 0. The van der Waals surface area contributed by atoms with Gasteiger partial charge >= 0.3 is 0 Å². The van der Waals surface area contributed by atoms with E-state index in [0.717, 1.165) is 17.7 Å². The lowest BCUT2D eigenvalue weighted by Gasteiger charge is -2.15. The highest BCUT2D eigenvalue weighted by atomic mass is 19.1. The molecular formula is C14H15FN2O. The van der Waals surface area contributed by atoms with Gasteiger partial charge in [-0.1, -0.05) is 12.2 Å². The molecule has 2 fully saturated rings. The minimum absolute atomic E-state index is 0.0341. The molecule has 2 saturated carbocycles. The van der Waals surface area contributed by atoms with Crippen LogP contribution in [-0.2, 0) is 12.8 Å². The number of aromatic amines is 1. The summed E-state index contributed by atoms with van der Waals surface area (Å²) >= 11 is 0. The Balaban J connectivity index is 1.78. The topological polar surface area (TPSA) is 45.8 Å². The summed E-state index contributed by atoms with van der Waals surface area (Å²) in [6, 6.07) is 0. The predicted molar refractivity (Wildman–Crippen MR) is 64.1 cm³/mol. The molecule has 3 aliphatic rings. The maximum Gasteiger partial charge on any atom is 0.180 e. The summed E-state index contributed by atoms with van der Waals surface area (Å²) in [5, 5.41) is 7.01. The number of aromatic nitrogens is 2. The van der Waals surface area contributed by atoms with Crippen molar-refractivity contribution in [3.05, 3.63) is 29.1 Å². The van der Waals surface area contributed by atoms with E-state index in [2.05, 4.69) is 10.2 Å². The van der Waals surface area contributed by atoms with Crippen LogP contribution in [0.15, 0.2) is 12.2 Å². The van der Waals surface area contributed by atoms with Gasteiger partial charge in [-0.3, -0.25) is 9.89 Å². The van der Waals surface area contributed by atoms with Crippen molar-refractivity contribution in [1.82, 2.24) is 10.2 Å². The normalized spacial score (nSPS) is 43.3. The van der Waals surface area contributed by atoms with E-state index >= 15 is 0 Å². The van der Waals surface area contributed by atoms with Crippen LogP contribution in [-0.4, -0.2) is 21.6 Å². The maximum atomic E-state index is 14.9. The number of allylic oxidation sites excluding steroid dienone is 2. The summed E-state index contributed by atoms with van der Waals surface area (Å²) in [5.41, 5.74) is 0.864. The molecule has 0 saturated heterocycles. The maximum absolute atomic E-state index is 14.9. The lowest BCUT2D eigenvalue weighted by Crippen LogP contribution is -2.20. The zero-order chi connectivity index (χ0) is 12.8. The third kappa shape index (κ3) is 0.779. The fraction of sp³-hybridized carbons (Fsp3) is 0.571. The van der Waals surface area contributed by atoms with Gasteiger partial charge in [0.2, 0.25) is 0 Å². The van der Waals surface area contributed by atoms with E-state index in [9.17, 15) is 9.18 Å². The quantitative estimate of drug-likeness (QED) is 0.643. The van der Waals surface area contributed by atoms with Crippen LogP contribution in [0.1, 0.15) is 42.0 Å². The van der Waals surface area contributed by atoms with Gasteiger partial charge in [0.1, 0.15) is 11.4 Å². The lowest BCUT2D eigenvalue weighted by molar-refractivity contribution is 0.101. The van der Waals surface area contributed by atoms with Crippen LogP contribution in [0.5, 0.6) is 0 Å². The number of hydrogen-bond acceptors (Lipinski definition) is 2. The van der Waals surface area contributed by atoms with Crippen molar-refractivity contribution in [2.75, 3.05) is 0 Å². The number of rotatable bonds is 2. The number of hydrogen-bond donors (Lipinski definition) is 1. The van der Waals surface area contributed by atoms with Crippen molar-refractivity contribution >= 4 is 5.78 Å². The number of H-pyrrole nitrogens is 1. The van der Waals surface area contributed by atoms with E-state index in [0.29, 0.717) is 18.5 Å². The molecule has 18 heavy (non-hydrogen) atoms. The number of alkyl halides is 1. The number of nitrogens with one attached hydrogen (secondary N) is 1. The second-order valence-electron chi connectivity index (χ2n) is 5.99. The summed E-state index contributed by atoms with van der Waals surface area (Å²) in [5.74, 6) is -0.0341. The van der Waals surface area contributed by atoms with Crippen LogP contribution < -0.4 is 0 Å². The highest BCUT2D eigenvalue weighted by Crippen LogP contribution is 2.96. The third-order valence-electron chi connectivity index (χ3n) is 5.36. The average Bonchev–Trinajstić information content (AvgIpc) is 3.02. The Morgan fingerprint density at radius 3 is 2.83 bits per heavy atom. The van der Waals surface area contributed by atoms with Crippen molar-refractivity contribution in [3.63, 3.8) is 0 Å². The average molecular weight is 246 g/mol. The SMILES string of the molecule is C/C=C/C1(F)C23Cc4[nH]nc(C(C)=O)c4CC12C3. The monoisotopic (exact) mass is 246 g/mol. The van der Waals surface area contributed by atoms with Gasteiger partial charge in [0.05, 0.1) is 0 Å². The first-order valence-corrected chi connectivity index (χ1v) is 6.41. The summed E-state index contributed by atoms with van der Waals surface area (Å²) in [6.07, 6.45) is 5.82. The van der Waals surface area contributed by atoms with Gasteiger partial charge < -0.3 is 0 Å². The number of carbonyl (C=O) groups is 1. The molecule has 1 heterocycles. The van der Waals surface area contributed by atoms with Gasteiger partial charge in [-0.25, -0.2) is 4.39 Å². The van der Waals surface area contributed by atoms with Crippen molar-refractivity contribution < 1.29 is 9.18 Å². The zero-order valence-corrected chi connectivity index (χ0v) is 10.5. The fourth-order valence-electron chi connectivity index (χ4n) is 4.35. The number of carbonyl (C=O) groups excluding carboxylic acids is 1. The number of nitrogens with zero attached hydrogens (tertiary/aromatic N) is 1. The predicted octanol–water partition coefficient (Wildman–Crippen LogP) is 2.39. The van der Waals surface area contributed by atoms with E-state index in [1.165, 1.54) is 6.92 Å². The van der Waals surface area contributed by atoms with Gasteiger partial charge in [0, 0.05) is 29.0 Å². The van der Waals surface area contributed by atoms with Gasteiger partial charge in [0.15, 0.2) is 5.78 Å². The lowest BCUT2D eigenvalue weighted by atomic mass is 9.94. The Hall–Kier alpha value is -1.45. The molecule has 1 aromatic rings.